The minimum absolute atomic E-state index is 0.0115. The Kier molecular flexibility index (Phi) is 22.0. The molecular weight excluding hydrogens is 1440 g/mol. The lowest BCUT2D eigenvalue weighted by Gasteiger charge is -2.34. The van der Waals surface area contributed by atoms with E-state index in [0.717, 1.165) is 38.5 Å². The lowest BCUT2D eigenvalue weighted by atomic mass is 9.78. The SMILES string of the molecule is CN(C(=O)OC(C)(C)C)c1cc(Cl)nc2c(C(=O)CC3CC(F)(F)C3)cnn12.CN(C(=O)OC(C)(C)C)c1cc(Nc2cccnc2OC2CC2)nc2c(C(=O)CC3CC(F)(F)C3)cnn12.CNc1cc(Nc2cccnc2OC2CC2)nc2c(C(=O)CC3CC(F)(F)C3)cnn12.Nc1cccnc1OC1CC1. The molecule has 9 aromatic rings. The molecule has 0 bridgehead atoms. The van der Waals surface area contributed by atoms with Gasteiger partial charge in [0.2, 0.25) is 35.4 Å². The number of hydrogen-bond acceptors (Lipinski definition) is 23. The Hall–Kier alpha value is -10.7. The number of amides is 2. The number of anilines is 8. The summed E-state index contributed by atoms with van der Waals surface area (Å²) in [6.45, 7) is 10.5. The van der Waals surface area contributed by atoms with Gasteiger partial charge in [0.05, 0.1) is 41.0 Å². The van der Waals surface area contributed by atoms with Gasteiger partial charge in [-0.2, -0.15) is 28.8 Å². The summed E-state index contributed by atoms with van der Waals surface area (Å²) in [5, 5.41) is 22.2. The van der Waals surface area contributed by atoms with E-state index < -0.39 is 47.1 Å². The second kappa shape index (κ2) is 30.9. The van der Waals surface area contributed by atoms with Gasteiger partial charge in [0, 0.05) is 116 Å². The van der Waals surface area contributed by atoms with Crippen molar-refractivity contribution in [3.05, 3.63) is 114 Å². The van der Waals surface area contributed by atoms with E-state index in [4.69, 9.17) is 41.0 Å². The minimum atomic E-state index is -2.71. The minimum Gasteiger partial charge on any atom is -0.473 e. The number of ether oxygens (including phenoxy) is 5. The third-order valence-corrected chi connectivity index (χ3v) is 17.9. The van der Waals surface area contributed by atoms with Gasteiger partial charge in [0.1, 0.15) is 75.1 Å². The molecule has 2 amide bonds. The molecule has 6 aliphatic carbocycles. The number of pyridine rings is 3. The molecule has 28 nitrogen and oxygen atoms in total. The Balaban J connectivity index is 0.000000142. The van der Waals surface area contributed by atoms with Crippen molar-refractivity contribution in [1.82, 2.24) is 58.7 Å². The Morgan fingerprint density at radius 3 is 1.26 bits per heavy atom. The summed E-state index contributed by atoms with van der Waals surface area (Å²) in [5.41, 5.74) is 7.41. The maximum absolute atomic E-state index is 13.3. The molecule has 5 N–H and O–H groups in total. The number of nitrogens with one attached hydrogen (secondary N) is 3. The molecule has 0 spiro atoms. The number of halogens is 7. The van der Waals surface area contributed by atoms with Crippen LogP contribution in [0.2, 0.25) is 5.15 Å². The molecule has 15 rings (SSSR count). The number of fused-ring (bicyclic) bond motifs is 3. The van der Waals surface area contributed by atoms with Crippen LogP contribution in [0.1, 0.15) is 169 Å². The van der Waals surface area contributed by atoms with Crippen LogP contribution in [0, 0.1) is 17.8 Å². The zero-order valence-electron chi connectivity index (χ0n) is 60.8. The monoisotopic (exact) mass is 1520 g/mol. The van der Waals surface area contributed by atoms with Crippen molar-refractivity contribution in [1.29, 1.82) is 0 Å². The van der Waals surface area contributed by atoms with Crippen molar-refractivity contribution < 1.29 is 74.0 Å². The predicted molar refractivity (Wildman–Crippen MR) is 387 cm³/mol. The first-order valence-corrected chi connectivity index (χ1v) is 35.7. The summed E-state index contributed by atoms with van der Waals surface area (Å²) in [6.07, 6.45) is 13.0. The summed E-state index contributed by atoms with van der Waals surface area (Å²) < 4.78 is 111. The van der Waals surface area contributed by atoms with Crippen molar-refractivity contribution in [3.63, 3.8) is 0 Å². The van der Waals surface area contributed by atoms with E-state index in [1.807, 2.05) is 6.07 Å². The van der Waals surface area contributed by atoms with E-state index in [9.17, 15) is 50.3 Å². The van der Waals surface area contributed by atoms with Gasteiger partial charge in [0.25, 0.3) is 0 Å². The number of carbonyl (C=O) groups excluding carboxylic acids is 5. The first-order valence-electron chi connectivity index (χ1n) is 35.3. The molecule has 9 aromatic heterocycles. The van der Waals surface area contributed by atoms with Crippen LogP contribution in [-0.2, 0) is 9.47 Å². The fourth-order valence-corrected chi connectivity index (χ4v) is 12.1. The van der Waals surface area contributed by atoms with Crippen molar-refractivity contribution in [2.75, 3.05) is 52.6 Å². The van der Waals surface area contributed by atoms with Gasteiger partial charge in [-0.05, 0) is 134 Å². The average Bonchev–Trinajstić information content (AvgIpc) is 1.59. The maximum Gasteiger partial charge on any atom is 0.415 e. The number of nitrogens with two attached hydrogens (primary N) is 1. The Bertz CT molecular complexity index is 4820. The van der Waals surface area contributed by atoms with Crippen LogP contribution >= 0.6 is 11.6 Å². The van der Waals surface area contributed by atoms with E-state index in [1.54, 1.807) is 110 Å². The molecular formula is C73H83ClF6N18O10. The maximum atomic E-state index is 13.3. The second-order valence-corrected chi connectivity index (χ2v) is 30.1. The number of Topliss-reactive ketones (excluding diaryl/α,β-unsaturated/α-hetero) is 3. The van der Waals surface area contributed by atoms with Gasteiger partial charge in [-0.1, -0.05) is 11.6 Å². The Morgan fingerprint density at radius 1 is 0.528 bits per heavy atom. The van der Waals surface area contributed by atoms with Crippen molar-refractivity contribution in [2.45, 2.75) is 185 Å². The molecule has 108 heavy (non-hydrogen) atoms. The van der Waals surface area contributed by atoms with E-state index in [-0.39, 0.29) is 138 Å². The average molecular weight is 1520 g/mol. The molecule has 0 saturated heterocycles. The first-order chi connectivity index (χ1) is 51.0. The number of alkyl halides is 6. The van der Waals surface area contributed by atoms with Gasteiger partial charge in [-0.15, -0.1) is 0 Å². The molecule has 6 saturated carbocycles. The fraction of sp³-hybridized carbons (Fsp3) is 0.479. The van der Waals surface area contributed by atoms with Crippen LogP contribution in [0.3, 0.4) is 0 Å². The van der Waals surface area contributed by atoms with Crippen LogP contribution in [0.5, 0.6) is 17.6 Å². The van der Waals surface area contributed by atoms with E-state index in [2.05, 4.69) is 61.2 Å². The van der Waals surface area contributed by atoms with Crippen molar-refractivity contribution in [3.8, 4) is 17.6 Å². The zero-order valence-corrected chi connectivity index (χ0v) is 61.6. The summed E-state index contributed by atoms with van der Waals surface area (Å²) >= 11 is 6.08. The number of nitrogen functional groups attached to an aromatic ring is 1. The number of hydrogen-bond donors (Lipinski definition) is 4. The van der Waals surface area contributed by atoms with Gasteiger partial charge in [0.15, 0.2) is 34.3 Å². The second-order valence-electron chi connectivity index (χ2n) is 29.8. The third kappa shape index (κ3) is 19.5. The predicted octanol–water partition coefficient (Wildman–Crippen LogP) is 15.0. The topological polar surface area (TPSA) is 329 Å². The normalized spacial score (nSPS) is 17.1. The van der Waals surface area contributed by atoms with Crippen molar-refractivity contribution >= 4 is 104 Å². The molecule has 0 aliphatic heterocycles. The molecule has 35 heteroatoms. The molecule has 0 radical (unpaired) electrons. The van der Waals surface area contributed by atoms with Gasteiger partial charge < -0.3 is 45.4 Å². The number of aromatic nitrogens is 12. The molecule has 0 atom stereocenters. The highest BCUT2D eigenvalue weighted by Gasteiger charge is 2.48. The highest BCUT2D eigenvalue weighted by molar-refractivity contribution is 6.30. The largest absolute Gasteiger partial charge is 0.473 e. The molecule has 0 aromatic carbocycles. The molecule has 6 fully saturated rings. The molecule has 0 unspecified atom stereocenters. The van der Waals surface area contributed by atoms with Gasteiger partial charge in [-0.25, -0.2) is 65.8 Å². The first kappa shape index (κ1) is 77.0. The lowest BCUT2D eigenvalue weighted by Crippen LogP contribution is -2.36. The molecule has 6 aliphatic rings. The molecule has 574 valence electrons. The Labute approximate surface area is 621 Å². The summed E-state index contributed by atoms with van der Waals surface area (Å²) in [5.74, 6) is -6.57. The van der Waals surface area contributed by atoms with Crippen LogP contribution in [0.25, 0.3) is 16.9 Å². The molecule has 9 heterocycles. The summed E-state index contributed by atoms with van der Waals surface area (Å²) in [4.78, 5) is 92.1. The quantitative estimate of drug-likeness (QED) is 0.0278. The third-order valence-electron chi connectivity index (χ3n) is 17.7. The number of rotatable bonds is 22. The fourth-order valence-electron chi connectivity index (χ4n) is 11.9. The van der Waals surface area contributed by atoms with Crippen LogP contribution in [-0.4, -0.2) is 157 Å². The van der Waals surface area contributed by atoms with Crippen LogP contribution in [0.15, 0.2) is 91.8 Å². The standard InChI is InChI=1S/C26H30F2N6O4.C21H22F2N6O2.C18H21ClF2N4O3.C8H10N2O/c1-25(2,3)38-24(36)33(4)21-11-20(31-18-6-5-9-29-23(18)37-16-7-8-16)32-22-17(14-30-34(21)22)19(35)10-15-12-26(27,28)13-15;1-24-18-8-17(27-15-3-2-6-25-20(15)31-13-4-5-13)28-19-14(11-26-29(18)19)16(30)7-12-9-21(22,23)10-12;1-17(2,3)28-16(27)24(4)14-6-13(19)23-15-11(9-22-25(14)15)12(26)5-10-7-18(20,21)8-10;9-7-2-1-5-10-8(7)11-6-3-4-6/h5-6,9,11,14-16H,7-8,10,12-13H2,1-4H3,(H,31,32);2-3,6,8,11-13,24H,4-5,7,9-10H2,1H3,(H,27,28);6,9-10H,5,7-8H2,1-4H3;1-2,5-6H,3-4,9H2. The smallest absolute Gasteiger partial charge is 0.415 e. The van der Waals surface area contributed by atoms with Crippen molar-refractivity contribution in [2.24, 2.45) is 17.8 Å². The Morgan fingerprint density at radius 2 is 0.880 bits per heavy atom. The lowest BCUT2D eigenvalue weighted by molar-refractivity contribution is -0.109. The zero-order chi connectivity index (χ0) is 77.4. The van der Waals surface area contributed by atoms with E-state index in [0.29, 0.717) is 69.5 Å². The van der Waals surface area contributed by atoms with Crippen LogP contribution < -0.4 is 45.7 Å². The van der Waals surface area contributed by atoms with E-state index in [1.165, 1.54) is 62.1 Å². The van der Waals surface area contributed by atoms with Gasteiger partial charge >= 0.3 is 12.2 Å². The highest BCUT2D eigenvalue weighted by Crippen LogP contribution is 2.47. The van der Waals surface area contributed by atoms with Crippen LogP contribution in [0.4, 0.5) is 82.1 Å². The summed E-state index contributed by atoms with van der Waals surface area (Å²) in [7, 11) is 4.75. The number of nitrogens with zero attached hydrogens (tertiary/aromatic N) is 14. The number of ketones is 3. The number of carbonyl (C=O) groups is 5. The highest BCUT2D eigenvalue weighted by atomic mass is 35.5. The summed E-state index contributed by atoms with van der Waals surface area (Å²) in [6, 6.07) is 15.5. The van der Waals surface area contributed by atoms with Gasteiger partial charge in [-0.3, -0.25) is 24.2 Å². The van der Waals surface area contributed by atoms with E-state index >= 15 is 0 Å².